The van der Waals surface area contributed by atoms with Crippen molar-refractivity contribution in [3.8, 4) is 11.5 Å². The van der Waals surface area contributed by atoms with Crippen molar-refractivity contribution in [3.63, 3.8) is 0 Å². The van der Waals surface area contributed by atoms with Gasteiger partial charge in [0.1, 0.15) is 17.3 Å². The van der Waals surface area contributed by atoms with E-state index in [1.54, 1.807) is 14.2 Å². The van der Waals surface area contributed by atoms with Crippen molar-refractivity contribution in [2.75, 3.05) is 58.4 Å². The molecule has 0 radical (unpaired) electrons. The Labute approximate surface area is 178 Å². The Kier molecular flexibility index (Phi) is 6.72. The van der Waals surface area contributed by atoms with Gasteiger partial charge >= 0.3 is 0 Å². The predicted octanol–water partition coefficient (Wildman–Crippen LogP) is 1.86. The van der Waals surface area contributed by atoms with Crippen LogP contribution in [0.25, 0.3) is 0 Å². The van der Waals surface area contributed by atoms with Gasteiger partial charge in [-0.2, -0.15) is 0 Å². The third kappa shape index (κ3) is 4.69. The maximum absolute atomic E-state index is 10.9. The molecule has 1 aromatic carbocycles. The summed E-state index contributed by atoms with van der Waals surface area (Å²) in [7, 11) is 3.37. The van der Waals surface area contributed by atoms with Crippen molar-refractivity contribution in [1.29, 1.82) is 0 Å². The number of aliphatic hydroxyl groups is 1. The summed E-state index contributed by atoms with van der Waals surface area (Å²) in [6, 6.07) is 12.1. The van der Waals surface area contributed by atoms with Crippen LogP contribution in [0.1, 0.15) is 12.0 Å². The second kappa shape index (κ2) is 9.64. The Morgan fingerprint density at radius 1 is 1.03 bits per heavy atom. The molecule has 1 N–H and O–H groups in total. The molecular formula is C23H32N4O3. The van der Waals surface area contributed by atoms with Gasteiger partial charge < -0.3 is 19.5 Å². The van der Waals surface area contributed by atoms with Crippen LogP contribution in [-0.2, 0) is 6.54 Å². The van der Waals surface area contributed by atoms with Gasteiger partial charge in [0, 0.05) is 63.6 Å². The number of hydrogen-bond donors (Lipinski definition) is 1. The molecular weight excluding hydrogens is 380 g/mol. The zero-order valence-corrected chi connectivity index (χ0v) is 17.9. The molecule has 0 saturated carbocycles. The number of piperazine rings is 1. The molecule has 0 bridgehead atoms. The Morgan fingerprint density at radius 2 is 1.87 bits per heavy atom. The fraction of sp³-hybridized carbons (Fsp3) is 0.522. The van der Waals surface area contributed by atoms with Crippen molar-refractivity contribution < 1.29 is 14.6 Å². The highest BCUT2D eigenvalue weighted by Crippen LogP contribution is 2.27. The maximum atomic E-state index is 10.9. The molecule has 2 aliphatic rings. The SMILES string of the molecule is COc1ccc(OC)c(CN2CC[C@H](N3CCN(c4ccccn4)CC3)[C@@H](O)C2)c1. The largest absolute Gasteiger partial charge is 0.497 e. The number of pyridine rings is 1. The van der Waals surface area contributed by atoms with Crippen molar-refractivity contribution in [1.82, 2.24) is 14.8 Å². The summed E-state index contributed by atoms with van der Waals surface area (Å²) in [5.41, 5.74) is 1.09. The third-order valence-electron chi connectivity index (χ3n) is 6.27. The molecule has 1 aromatic heterocycles. The zero-order valence-electron chi connectivity index (χ0n) is 17.9. The van der Waals surface area contributed by atoms with Gasteiger partial charge in [-0.1, -0.05) is 6.07 Å². The van der Waals surface area contributed by atoms with Gasteiger partial charge in [-0.15, -0.1) is 0 Å². The van der Waals surface area contributed by atoms with Crippen LogP contribution in [0.3, 0.4) is 0 Å². The van der Waals surface area contributed by atoms with Gasteiger partial charge in [0.05, 0.1) is 20.3 Å². The Hall–Kier alpha value is -2.35. The van der Waals surface area contributed by atoms with Gasteiger partial charge in [0.2, 0.25) is 0 Å². The molecule has 2 saturated heterocycles. The summed E-state index contributed by atoms with van der Waals surface area (Å²) in [6.07, 6.45) is 2.46. The topological polar surface area (TPSA) is 61.3 Å². The van der Waals surface area contributed by atoms with Crippen LogP contribution in [0, 0.1) is 0 Å². The van der Waals surface area contributed by atoms with Gasteiger partial charge in [-0.3, -0.25) is 9.80 Å². The van der Waals surface area contributed by atoms with Crippen LogP contribution in [0.5, 0.6) is 11.5 Å². The van der Waals surface area contributed by atoms with Gasteiger partial charge in [0.15, 0.2) is 0 Å². The molecule has 3 heterocycles. The highest BCUT2D eigenvalue weighted by atomic mass is 16.5. The van der Waals surface area contributed by atoms with Crippen molar-refractivity contribution in [3.05, 3.63) is 48.2 Å². The molecule has 30 heavy (non-hydrogen) atoms. The number of anilines is 1. The quantitative estimate of drug-likeness (QED) is 0.777. The van der Waals surface area contributed by atoms with Gasteiger partial charge in [-0.05, 0) is 36.8 Å². The standard InChI is InChI=1S/C23H32N4O3/c1-29-19-6-7-22(30-2)18(15-19)16-25-10-8-20(21(28)17-25)26-11-13-27(14-12-26)23-5-3-4-9-24-23/h3-7,9,15,20-21,28H,8,10-14,16-17H2,1-2H3/t20-,21-/m0/s1. The smallest absolute Gasteiger partial charge is 0.128 e. The first kappa shape index (κ1) is 20.9. The minimum atomic E-state index is -0.350. The molecule has 2 atom stereocenters. The lowest BCUT2D eigenvalue weighted by Gasteiger charge is -2.45. The van der Waals surface area contributed by atoms with E-state index >= 15 is 0 Å². The monoisotopic (exact) mass is 412 g/mol. The number of likely N-dealkylation sites (tertiary alicyclic amines) is 1. The minimum absolute atomic E-state index is 0.222. The number of ether oxygens (including phenoxy) is 2. The summed E-state index contributed by atoms with van der Waals surface area (Å²) in [5, 5.41) is 10.9. The second-order valence-electron chi connectivity index (χ2n) is 8.05. The van der Waals surface area contributed by atoms with Crippen LogP contribution in [0.4, 0.5) is 5.82 Å². The lowest BCUT2D eigenvalue weighted by atomic mass is 9.98. The fourth-order valence-corrected chi connectivity index (χ4v) is 4.62. The van der Waals surface area contributed by atoms with E-state index in [1.807, 2.05) is 36.5 Å². The number of aromatic nitrogens is 1. The minimum Gasteiger partial charge on any atom is -0.497 e. The Morgan fingerprint density at radius 3 is 2.53 bits per heavy atom. The lowest BCUT2D eigenvalue weighted by Crippen LogP contribution is -2.58. The van der Waals surface area contributed by atoms with E-state index in [2.05, 4.69) is 25.8 Å². The second-order valence-corrected chi connectivity index (χ2v) is 8.05. The van der Waals surface area contributed by atoms with Crippen LogP contribution in [0.15, 0.2) is 42.6 Å². The summed E-state index contributed by atoms with van der Waals surface area (Å²) < 4.78 is 10.9. The zero-order chi connectivity index (χ0) is 20.9. The van der Waals surface area contributed by atoms with E-state index in [9.17, 15) is 5.11 Å². The van der Waals surface area contributed by atoms with E-state index in [0.717, 1.165) is 68.6 Å². The van der Waals surface area contributed by atoms with E-state index in [4.69, 9.17) is 9.47 Å². The first-order valence-corrected chi connectivity index (χ1v) is 10.7. The summed E-state index contributed by atoms with van der Waals surface area (Å²) in [6.45, 7) is 6.20. The van der Waals surface area contributed by atoms with Crippen molar-refractivity contribution >= 4 is 5.82 Å². The molecule has 0 aliphatic carbocycles. The summed E-state index contributed by atoms with van der Waals surface area (Å²) in [5.74, 6) is 2.73. The summed E-state index contributed by atoms with van der Waals surface area (Å²) in [4.78, 5) is 11.5. The first-order valence-electron chi connectivity index (χ1n) is 10.7. The lowest BCUT2D eigenvalue weighted by molar-refractivity contribution is -0.0173. The molecule has 0 spiro atoms. The number of nitrogens with zero attached hydrogens (tertiary/aromatic N) is 4. The molecule has 7 heteroatoms. The van der Waals surface area contributed by atoms with E-state index in [1.165, 1.54) is 0 Å². The Bertz CT molecular complexity index is 811. The average molecular weight is 413 g/mol. The molecule has 4 rings (SSSR count). The fourth-order valence-electron chi connectivity index (χ4n) is 4.62. The molecule has 162 valence electrons. The van der Waals surface area contributed by atoms with E-state index in [0.29, 0.717) is 6.54 Å². The number of piperidine rings is 1. The van der Waals surface area contributed by atoms with Gasteiger partial charge in [0.25, 0.3) is 0 Å². The number of rotatable bonds is 6. The number of benzene rings is 1. The number of aliphatic hydroxyl groups excluding tert-OH is 1. The van der Waals surface area contributed by atoms with Crippen LogP contribution >= 0.6 is 0 Å². The highest BCUT2D eigenvalue weighted by Gasteiger charge is 2.34. The van der Waals surface area contributed by atoms with Crippen molar-refractivity contribution in [2.24, 2.45) is 0 Å². The molecule has 7 nitrogen and oxygen atoms in total. The molecule has 2 fully saturated rings. The maximum Gasteiger partial charge on any atom is 0.128 e. The average Bonchev–Trinajstić information content (AvgIpc) is 2.80. The molecule has 0 amide bonds. The molecule has 0 unspecified atom stereocenters. The highest BCUT2D eigenvalue weighted by molar-refractivity contribution is 5.40. The molecule has 2 aromatic rings. The Balaban J connectivity index is 1.32. The van der Waals surface area contributed by atoms with E-state index < -0.39 is 0 Å². The number of hydrogen-bond acceptors (Lipinski definition) is 7. The molecule has 2 aliphatic heterocycles. The number of methoxy groups -OCH3 is 2. The predicted molar refractivity (Wildman–Crippen MR) is 117 cm³/mol. The van der Waals surface area contributed by atoms with Crippen LogP contribution in [-0.4, -0.2) is 85.5 Å². The van der Waals surface area contributed by atoms with Crippen molar-refractivity contribution in [2.45, 2.75) is 25.1 Å². The number of β-amino-alcohol motifs (C(OH)–C–C–N with tert-alkyl or cyclic N) is 1. The van der Waals surface area contributed by atoms with Gasteiger partial charge in [-0.25, -0.2) is 4.98 Å². The normalized spacial score (nSPS) is 23.4. The first-order chi connectivity index (χ1) is 14.7. The summed E-state index contributed by atoms with van der Waals surface area (Å²) >= 11 is 0. The third-order valence-corrected chi connectivity index (χ3v) is 6.27. The van der Waals surface area contributed by atoms with Crippen LogP contribution in [0.2, 0.25) is 0 Å². The van der Waals surface area contributed by atoms with Crippen LogP contribution < -0.4 is 14.4 Å². The van der Waals surface area contributed by atoms with E-state index in [-0.39, 0.29) is 12.1 Å².